The zero-order valence-corrected chi connectivity index (χ0v) is 19.0. The van der Waals surface area contributed by atoms with E-state index in [1.54, 1.807) is 14.2 Å². The van der Waals surface area contributed by atoms with Gasteiger partial charge in [-0.15, -0.1) is 0 Å². The average Bonchev–Trinajstić information content (AvgIpc) is 2.88. The Bertz CT molecular complexity index is 931. The van der Waals surface area contributed by atoms with Crippen LogP contribution in [-0.4, -0.2) is 29.3 Å². The molecule has 8 heteroatoms. The van der Waals surface area contributed by atoms with E-state index >= 15 is 0 Å². The highest BCUT2D eigenvalue weighted by molar-refractivity contribution is 14.1. The number of benzene rings is 2. The number of carbonyl (C=O) groups excluding carboxylic acids is 1. The lowest BCUT2D eigenvalue weighted by Crippen LogP contribution is -2.22. The minimum atomic E-state index is -0.0953. The molecule has 3 rings (SSSR count). The molecule has 27 heavy (non-hydrogen) atoms. The van der Waals surface area contributed by atoms with Gasteiger partial charge in [-0.3, -0.25) is 9.69 Å². The van der Waals surface area contributed by atoms with Gasteiger partial charge in [-0.1, -0.05) is 47.7 Å². The number of ether oxygens (including phenoxy) is 2. The third-order valence-electron chi connectivity index (χ3n) is 3.83. The summed E-state index contributed by atoms with van der Waals surface area (Å²) < 4.78 is 12.9. The fourth-order valence-corrected chi connectivity index (χ4v) is 4.48. The maximum absolute atomic E-state index is 12.2. The summed E-state index contributed by atoms with van der Waals surface area (Å²) in [6.45, 7) is 0.400. The smallest absolute Gasteiger partial charge is 0.265 e. The number of rotatable bonds is 5. The van der Waals surface area contributed by atoms with Gasteiger partial charge in [0.1, 0.15) is 10.9 Å². The number of thioether (sulfide) groups is 1. The zero-order chi connectivity index (χ0) is 19.6. The van der Waals surface area contributed by atoms with E-state index in [1.807, 2.05) is 42.5 Å². The van der Waals surface area contributed by atoms with Crippen LogP contribution in [0.3, 0.4) is 0 Å². The molecule has 1 heterocycles. The molecule has 0 spiro atoms. The van der Waals surface area contributed by atoms with Crippen molar-refractivity contribution >= 4 is 74.5 Å². The summed E-state index contributed by atoms with van der Waals surface area (Å²) in [7, 11) is 3.27. The van der Waals surface area contributed by atoms with E-state index in [0.717, 1.165) is 14.7 Å². The van der Waals surface area contributed by atoms with Crippen molar-refractivity contribution < 1.29 is 14.3 Å². The lowest BCUT2D eigenvalue weighted by molar-refractivity contribution is -0.121. The van der Waals surface area contributed by atoms with E-state index in [0.29, 0.717) is 32.4 Å². The number of methoxy groups -OCH3 is 1. The Morgan fingerprint density at radius 3 is 2.59 bits per heavy atom. The summed E-state index contributed by atoms with van der Waals surface area (Å²) >= 11 is 14.6. The molecule has 0 aromatic heterocycles. The van der Waals surface area contributed by atoms with Gasteiger partial charge in [-0.25, -0.2) is 0 Å². The predicted molar refractivity (Wildman–Crippen MR) is 122 cm³/mol. The van der Waals surface area contributed by atoms with Gasteiger partial charge < -0.3 is 9.47 Å². The molecule has 1 fully saturated rings. The largest absolute Gasteiger partial charge is 0.493 e. The number of hydrogen-bond acceptors (Lipinski definition) is 5. The van der Waals surface area contributed by atoms with E-state index in [2.05, 4.69) is 22.6 Å². The van der Waals surface area contributed by atoms with Gasteiger partial charge in [0.05, 0.1) is 15.6 Å². The minimum Gasteiger partial charge on any atom is -0.493 e. The Hall–Kier alpha value is -1.29. The first-order valence-corrected chi connectivity index (χ1v) is 10.5. The second-order valence-corrected chi connectivity index (χ2v) is 8.96. The highest BCUT2D eigenvalue weighted by Gasteiger charge is 2.28. The molecule has 1 aliphatic heterocycles. The summed E-state index contributed by atoms with van der Waals surface area (Å²) in [6, 6.07) is 11.3. The van der Waals surface area contributed by atoms with Crippen LogP contribution in [0.1, 0.15) is 11.1 Å². The molecule has 1 saturated heterocycles. The first-order valence-electron chi connectivity index (χ1n) is 7.85. The summed E-state index contributed by atoms with van der Waals surface area (Å²) in [5.74, 6) is 1.17. The first kappa shape index (κ1) is 20.4. The van der Waals surface area contributed by atoms with Crippen molar-refractivity contribution in [3.8, 4) is 11.5 Å². The van der Waals surface area contributed by atoms with Crippen molar-refractivity contribution in [1.82, 2.24) is 4.90 Å². The number of amides is 1. The Morgan fingerprint density at radius 1 is 1.30 bits per heavy atom. The number of carbonyl (C=O) groups is 1. The summed E-state index contributed by atoms with van der Waals surface area (Å²) in [6.07, 6.45) is 1.82. The van der Waals surface area contributed by atoms with Crippen LogP contribution >= 0.6 is 58.2 Å². The quantitative estimate of drug-likeness (QED) is 0.295. The fraction of sp³-hybridized carbons (Fsp3) is 0.158. The van der Waals surface area contributed by atoms with Crippen molar-refractivity contribution in [2.45, 2.75) is 6.61 Å². The lowest BCUT2D eigenvalue weighted by atomic mass is 10.1. The molecule has 1 amide bonds. The normalized spacial score (nSPS) is 15.6. The highest BCUT2D eigenvalue weighted by atomic mass is 127. The monoisotopic (exact) mass is 531 g/mol. The van der Waals surface area contributed by atoms with Crippen LogP contribution in [0.2, 0.25) is 5.02 Å². The molecule has 0 bridgehead atoms. The molecular formula is C19H15ClINO3S2. The SMILES string of the molecule is COc1cc(/C=C2\SC(=S)N(C)C2=O)cc(I)c1OCc1ccc(Cl)cc1. The number of halogens is 2. The predicted octanol–water partition coefficient (Wildman–Crippen LogP) is 5.36. The van der Waals surface area contributed by atoms with E-state index in [1.165, 1.54) is 16.7 Å². The Kier molecular flexibility index (Phi) is 6.67. The third-order valence-corrected chi connectivity index (χ3v) is 6.37. The average molecular weight is 532 g/mol. The van der Waals surface area contributed by atoms with Crippen LogP contribution in [0.15, 0.2) is 41.3 Å². The van der Waals surface area contributed by atoms with Gasteiger partial charge in [-0.05, 0) is 64.1 Å². The molecule has 0 aliphatic carbocycles. The summed E-state index contributed by atoms with van der Waals surface area (Å²) in [5, 5.41) is 0.688. The van der Waals surface area contributed by atoms with Crippen LogP contribution in [0.25, 0.3) is 6.08 Å². The molecule has 2 aromatic carbocycles. The van der Waals surface area contributed by atoms with Crippen LogP contribution in [-0.2, 0) is 11.4 Å². The van der Waals surface area contributed by atoms with Gasteiger partial charge in [-0.2, -0.15) is 0 Å². The highest BCUT2D eigenvalue weighted by Crippen LogP contribution is 2.37. The topological polar surface area (TPSA) is 38.8 Å². The van der Waals surface area contributed by atoms with E-state index in [4.69, 9.17) is 33.3 Å². The third kappa shape index (κ3) is 4.77. The maximum Gasteiger partial charge on any atom is 0.265 e. The molecule has 0 unspecified atom stereocenters. The second kappa shape index (κ2) is 8.81. The van der Waals surface area contributed by atoms with Crippen molar-refractivity contribution in [1.29, 1.82) is 0 Å². The molecule has 140 valence electrons. The Labute approximate surface area is 186 Å². The lowest BCUT2D eigenvalue weighted by Gasteiger charge is -2.14. The molecular weight excluding hydrogens is 517 g/mol. The van der Waals surface area contributed by atoms with Gasteiger partial charge in [0.2, 0.25) is 0 Å². The molecule has 0 N–H and O–H groups in total. The standard InChI is InChI=1S/C19H15ClINO3S2/c1-22-18(23)16(27-19(22)26)9-12-7-14(21)17(15(8-12)24-2)25-10-11-3-5-13(20)6-4-11/h3-9H,10H2,1-2H3/b16-9-. The molecule has 2 aromatic rings. The molecule has 1 aliphatic rings. The van der Waals surface area contributed by atoms with E-state index < -0.39 is 0 Å². The second-order valence-electron chi connectivity index (χ2n) is 5.69. The van der Waals surface area contributed by atoms with Crippen molar-refractivity contribution in [3.63, 3.8) is 0 Å². The van der Waals surface area contributed by atoms with Crippen LogP contribution in [0.4, 0.5) is 0 Å². The van der Waals surface area contributed by atoms with E-state index in [9.17, 15) is 4.79 Å². The van der Waals surface area contributed by atoms with Gasteiger partial charge in [0.15, 0.2) is 11.5 Å². The molecule has 0 saturated carbocycles. The number of nitrogens with zero attached hydrogens (tertiary/aromatic N) is 1. The van der Waals surface area contributed by atoms with Gasteiger partial charge in [0, 0.05) is 12.1 Å². The summed E-state index contributed by atoms with van der Waals surface area (Å²) in [5.41, 5.74) is 1.86. The zero-order valence-electron chi connectivity index (χ0n) is 14.5. The van der Waals surface area contributed by atoms with Crippen molar-refractivity contribution in [2.75, 3.05) is 14.2 Å². The van der Waals surface area contributed by atoms with E-state index in [-0.39, 0.29) is 5.91 Å². The van der Waals surface area contributed by atoms with Crippen LogP contribution in [0, 0.1) is 3.57 Å². The van der Waals surface area contributed by atoms with Crippen LogP contribution in [0.5, 0.6) is 11.5 Å². The summed E-state index contributed by atoms with van der Waals surface area (Å²) in [4.78, 5) is 14.3. The van der Waals surface area contributed by atoms with Crippen LogP contribution < -0.4 is 9.47 Å². The molecule has 0 atom stereocenters. The Balaban J connectivity index is 1.84. The number of thiocarbonyl (C=S) groups is 1. The van der Waals surface area contributed by atoms with Crippen molar-refractivity contribution in [2.24, 2.45) is 0 Å². The fourth-order valence-electron chi connectivity index (χ4n) is 2.40. The van der Waals surface area contributed by atoms with Gasteiger partial charge >= 0.3 is 0 Å². The number of likely N-dealkylation sites (N-methyl/N-ethyl adjacent to an activating group) is 1. The first-order chi connectivity index (χ1) is 12.9. The number of hydrogen-bond donors (Lipinski definition) is 0. The van der Waals surface area contributed by atoms with Gasteiger partial charge in [0.25, 0.3) is 5.91 Å². The molecule has 0 radical (unpaired) electrons. The minimum absolute atomic E-state index is 0.0953. The molecule has 4 nitrogen and oxygen atoms in total. The Morgan fingerprint density at radius 2 is 2.00 bits per heavy atom. The van der Waals surface area contributed by atoms with Crippen molar-refractivity contribution in [3.05, 3.63) is 61.0 Å². The maximum atomic E-state index is 12.2.